The van der Waals surface area contributed by atoms with Crippen LogP contribution in [-0.4, -0.2) is 48.2 Å². The van der Waals surface area contributed by atoms with Crippen molar-refractivity contribution in [1.82, 2.24) is 10.2 Å². The standard InChI is InChI=1S/C20H30N2O2.ClH/c1-20(2,3)24-19(23)17(13-15-7-5-4-6-8-15)21-18-14-22-11-9-16(18)10-12-22;/h4-8,16-18,21H,9-14H2,1-3H3;1H/t17-,18?;/m0./s1. The number of piperidine rings is 3. The van der Waals surface area contributed by atoms with Crippen LogP contribution in [0.5, 0.6) is 0 Å². The van der Waals surface area contributed by atoms with Crippen LogP contribution in [0.3, 0.4) is 0 Å². The van der Waals surface area contributed by atoms with Gasteiger partial charge in [-0.3, -0.25) is 10.1 Å². The van der Waals surface area contributed by atoms with E-state index in [1.54, 1.807) is 0 Å². The number of ether oxygens (including phenoxy) is 1. The van der Waals surface area contributed by atoms with E-state index in [9.17, 15) is 4.79 Å². The predicted octanol–water partition coefficient (Wildman–Crippen LogP) is 3.05. The number of carbonyl (C=O) groups excluding carboxylic acids is 1. The lowest BCUT2D eigenvalue weighted by Crippen LogP contribution is -2.60. The Balaban J connectivity index is 0.00000225. The fraction of sp³-hybridized carbons (Fsp3) is 0.650. The number of hydrogen-bond acceptors (Lipinski definition) is 4. The first-order valence-electron chi connectivity index (χ1n) is 9.16. The summed E-state index contributed by atoms with van der Waals surface area (Å²) < 4.78 is 5.68. The Morgan fingerprint density at radius 2 is 1.88 bits per heavy atom. The molecule has 1 N–H and O–H groups in total. The topological polar surface area (TPSA) is 41.6 Å². The normalized spacial score (nSPS) is 26.6. The summed E-state index contributed by atoms with van der Waals surface area (Å²) in [5.41, 5.74) is 0.713. The number of esters is 1. The smallest absolute Gasteiger partial charge is 0.324 e. The van der Waals surface area contributed by atoms with Crippen LogP contribution in [-0.2, 0) is 16.0 Å². The molecule has 2 atom stereocenters. The van der Waals surface area contributed by atoms with E-state index in [0.717, 1.165) is 6.54 Å². The minimum atomic E-state index is -0.456. The molecule has 0 aromatic heterocycles. The molecule has 3 fully saturated rings. The Kier molecular flexibility index (Phi) is 6.89. The van der Waals surface area contributed by atoms with Gasteiger partial charge in [0.05, 0.1) is 0 Å². The molecular formula is C20H31ClN2O2. The second kappa shape index (κ2) is 8.52. The highest BCUT2D eigenvalue weighted by molar-refractivity contribution is 5.85. The molecule has 0 aliphatic carbocycles. The first kappa shape index (κ1) is 20.2. The fourth-order valence-electron chi connectivity index (χ4n) is 3.85. The number of fused-ring (bicyclic) bond motifs is 3. The molecule has 3 aliphatic heterocycles. The summed E-state index contributed by atoms with van der Waals surface area (Å²) >= 11 is 0. The molecule has 2 bridgehead atoms. The summed E-state index contributed by atoms with van der Waals surface area (Å²) in [6, 6.07) is 10.3. The van der Waals surface area contributed by atoms with Gasteiger partial charge in [0, 0.05) is 12.6 Å². The minimum absolute atomic E-state index is 0. The van der Waals surface area contributed by atoms with Crippen molar-refractivity contribution in [3.8, 4) is 0 Å². The molecule has 3 aliphatic rings. The molecule has 140 valence electrons. The maximum Gasteiger partial charge on any atom is 0.324 e. The molecule has 3 heterocycles. The first-order chi connectivity index (χ1) is 11.4. The predicted molar refractivity (Wildman–Crippen MR) is 103 cm³/mol. The van der Waals surface area contributed by atoms with E-state index in [1.807, 2.05) is 39.0 Å². The molecule has 4 nitrogen and oxygen atoms in total. The molecule has 1 aromatic carbocycles. The first-order valence-corrected chi connectivity index (χ1v) is 9.16. The highest BCUT2D eigenvalue weighted by Crippen LogP contribution is 2.28. The highest BCUT2D eigenvalue weighted by Gasteiger charge is 2.37. The monoisotopic (exact) mass is 366 g/mol. The molecule has 1 aromatic rings. The number of nitrogens with zero attached hydrogens (tertiary/aromatic N) is 1. The molecule has 4 rings (SSSR count). The Hall–Kier alpha value is -1.10. The molecule has 0 spiro atoms. The van der Waals surface area contributed by atoms with Gasteiger partial charge in [0.1, 0.15) is 11.6 Å². The molecule has 1 unspecified atom stereocenters. The van der Waals surface area contributed by atoms with Crippen molar-refractivity contribution in [1.29, 1.82) is 0 Å². The van der Waals surface area contributed by atoms with Gasteiger partial charge in [0.25, 0.3) is 0 Å². The largest absolute Gasteiger partial charge is 0.459 e. The highest BCUT2D eigenvalue weighted by atomic mass is 35.5. The minimum Gasteiger partial charge on any atom is -0.459 e. The van der Waals surface area contributed by atoms with Gasteiger partial charge in [-0.25, -0.2) is 0 Å². The zero-order valence-electron chi connectivity index (χ0n) is 15.5. The number of hydrogen-bond donors (Lipinski definition) is 1. The third-order valence-electron chi connectivity index (χ3n) is 5.05. The van der Waals surface area contributed by atoms with Crippen molar-refractivity contribution < 1.29 is 9.53 Å². The molecule has 5 heteroatoms. The maximum absolute atomic E-state index is 12.7. The van der Waals surface area contributed by atoms with Gasteiger partial charge in [-0.1, -0.05) is 30.3 Å². The lowest BCUT2D eigenvalue weighted by atomic mass is 9.83. The van der Waals surface area contributed by atoms with Gasteiger partial charge in [0.2, 0.25) is 0 Å². The molecule has 25 heavy (non-hydrogen) atoms. The molecule has 3 saturated heterocycles. The second-order valence-electron chi connectivity index (χ2n) is 8.19. The van der Waals surface area contributed by atoms with Crippen molar-refractivity contribution in [3.63, 3.8) is 0 Å². The Bertz CT molecular complexity index is 551. The van der Waals surface area contributed by atoms with Crippen LogP contribution in [0.2, 0.25) is 0 Å². The lowest BCUT2D eigenvalue weighted by molar-refractivity contribution is -0.158. The van der Waals surface area contributed by atoms with Crippen molar-refractivity contribution in [2.45, 2.75) is 57.7 Å². The Labute approximate surface area is 157 Å². The number of carbonyl (C=O) groups is 1. The number of halogens is 1. The summed E-state index contributed by atoms with van der Waals surface area (Å²) in [7, 11) is 0. The van der Waals surface area contributed by atoms with E-state index < -0.39 is 5.60 Å². The van der Waals surface area contributed by atoms with Crippen LogP contribution >= 0.6 is 12.4 Å². The second-order valence-corrected chi connectivity index (χ2v) is 8.19. The third-order valence-corrected chi connectivity index (χ3v) is 5.05. The van der Waals surface area contributed by atoms with Crippen LogP contribution in [0.4, 0.5) is 0 Å². The number of rotatable bonds is 5. The van der Waals surface area contributed by atoms with Crippen LogP contribution in [0.1, 0.15) is 39.2 Å². The van der Waals surface area contributed by atoms with Gasteiger partial charge in [-0.05, 0) is 64.6 Å². The van der Waals surface area contributed by atoms with Crippen LogP contribution < -0.4 is 5.32 Å². The summed E-state index contributed by atoms with van der Waals surface area (Å²) in [6.45, 7) is 9.26. The van der Waals surface area contributed by atoms with Crippen molar-refractivity contribution >= 4 is 18.4 Å². The molecule has 0 radical (unpaired) electrons. The zero-order chi connectivity index (χ0) is 17.2. The fourth-order valence-corrected chi connectivity index (χ4v) is 3.85. The molecule has 0 amide bonds. The van der Waals surface area contributed by atoms with E-state index in [1.165, 1.54) is 31.5 Å². The Morgan fingerprint density at radius 3 is 2.40 bits per heavy atom. The average molecular weight is 367 g/mol. The summed E-state index contributed by atoms with van der Waals surface area (Å²) in [6.07, 6.45) is 3.16. The van der Waals surface area contributed by atoms with Crippen molar-refractivity contribution in [2.75, 3.05) is 19.6 Å². The zero-order valence-corrected chi connectivity index (χ0v) is 16.3. The van der Waals surface area contributed by atoms with Crippen LogP contribution in [0.15, 0.2) is 30.3 Å². The SMILES string of the molecule is CC(C)(C)OC(=O)[C@H](Cc1ccccc1)NC1CN2CCC1CC2.Cl. The molecular weight excluding hydrogens is 336 g/mol. The van der Waals surface area contributed by atoms with Gasteiger partial charge in [-0.15, -0.1) is 12.4 Å². The van der Waals surface area contributed by atoms with E-state index in [-0.39, 0.29) is 24.4 Å². The van der Waals surface area contributed by atoms with E-state index >= 15 is 0 Å². The van der Waals surface area contributed by atoms with Crippen molar-refractivity contribution in [3.05, 3.63) is 35.9 Å². The summed E-state index contributed by atoms with van der Waals surface area (Å²) in [5.74, 6) is 0.554. The van der Waals surface area contributed by atoms with Gasteiger partial charge < -0.3 is 9.64 Å². The van der Waals surface area contributed by atoms with E-state index in [0.29, 0.717) is 18.4 Å². The van der Waals surface area contributed by atoms with Gasteiger partial charge in [-0.2, -0.15) is 0 Å². The third kappa shape index (κ3) is 5.70. The van der Waals surface area contributed by atoms with Crippen LogP contribution in [0, 0.1) is 5.92 Å². The quantitative estimate of drug-likeness (QED) is 0.813. The van der Waals surface area contributed by atoms with Gasteiger partial charge >= 0.3 is 5.97 Å². The van der Waals surface area contributed by atoms with E-state index in [2.05, 4.69) is 22.3 Å². The maximum atomic E-state index is 12.7. The van der Waals surface area contributed by atoms with Crippen molar-refractivity contribution in [2.24, 2.45) is 5.92 Å². The molecule has 0 saturated carbocycles. The number of benzene rings is 1. The summed E-state index contributed by atoms with van der Waals surface area (Å²) in [4.78, 5) is 15.3. The van der Waals surface area contributed by atoms with Gasteiger partial charge in [0.15, 0.2) is 0 Å². The van der Waals surface area contributed by atoms with Crippen LogP contribution in [0.25, 0.3) is 0 Å². The average Bonchev–Trinajstić information content (AvgIpc) is 2.55. The lowest BCUT2D eigenvalue weighted by Gasteiger charge is -2.46. The summed E-state index contributed by atoms with van der Waals surface area (Å²) in [5, 5.41) is 3.64. The Morgan fingerprint density at radius 1 is 1.24 bits per heavy atom. The number of nitrogens with one attached hydrogen (secondary N) is 1. The van der Waals surface area contributed by atoms with E-state index in [4.69, 9.17) is 4.74 Å².